The smallest absolute Gasteiger partial charge is 0.115 e. The predicted octanol–water partition coefficient (Wildman–Crippen LogP) is 1.59. The zero-order valence-electron chi connectivity index (χ0n) is 9.63. The molecule has 1 saturated heterocycles. The van der Waals surface area contributed by atoms with Crippen molar-refractivity contribution >= 4 is 0 Å². The van der Waals surface area contributed by atoms with E-state index in [0.29, 0.717) is 11.7 Å². The highest BCUT2D eigenvalue weighted by Crippen LogP contribution is 2.21. The van der Waals surface area contributed by atoms with E-state index < -0.39 is 0 Å². The normalized spacial score (nSPS) is 23.5. The molecule has 0 bridgehead atoms. The van der Waals surface area contributed by atoms with E-state index in [1.807, 2.05) is 19.1 Å². The van der Waals surface area contributed by atoms with Gasteiger partial charge < -0.3 is 10.2 Å². The number of aliphatic hydroxyl groups excluding tert-OH is 1. The molecule has 2 N–H and O–H groups in total. The number of phenols is 1. The van der Waals surface area contributed by atoms with Crippen LogP contribution in [0.25, 0.3) is 0 Å². The highest BCUT2D eigenvalue weighted by atomic mass is 16.3. The zero-order chi connectivity index (χ0) is 11.5. The van der Waals surface area contributed by atoms with Crippen molar-refractivity contribution in [3.63, 3.8) is 0 Å². The average Bonchev–Trinajstić information content (AvgIpc) is 2.70. The summed E-state index contributed by atoms with van der Waals surface area (Å²) in [4.78, 5) is 2.35. The van der Waals surface area contributed by atoms with E-state index >= 15 is 0 Å². The second-order valence-electron chi connectivity index (χ2n) is 4.69. The predicted molar refractivity (Wildman–Crippen MR) is 63.2 cm³/mol. The van der Waals surface area contributed by atoms with Crippen LogP contribution in [0.1, 0.15) is 18.9 Å². The first-order chi connectivity index (χ1) is 7.65. The van der Waals surface area contributed by atoms with E-state index in [1.165, 1.54) is 5.56 Å². The highest BCUT2D eigenvalue weighted by molar-refractivity contribution is 5.25. The number of aromatic hydroxyl groups is 1. The molecule has 0 aliphatic carbocycles. The van der Waals surface area contributed by atoms with Gasteiger partial charge in [-0.3, -0.25) is 4.90 Å². The molecule has 0 radical (unpaired) electrons. The van der Waals surface area contributed by atoms with Gasteiger partial charge in [0, 0.05) is 13.1 Å². The van der Waals surface area contributed by atoms with Crippen LogP contribution in [0.3, 0.4) is 0 Å². The summed E-state index contributed by atoms with van der Waals surface area (Å²) in [5.74, 6) is 0.726. The molecule has 3 nitrogen and oxygen atoms in total. The molecule has 1 aromatic carbocycles. The topological polar surface area (TPSA) is 43.7 Å². The molecule has 1 fully saturated rings. The SMILES string of the molecule is CC(O)C1CCN(Cc2ccc(O)cc2)C1. The highest BCUT2D eigenvalue weighted by Gasteiger charge is 2.25. The number of nitrogens with zero attached hydrogens (tertiary/aromatic N) is 1. The average molecular weight is 221 g/mol. The third kappa shape index (κ3) is 2.74. The molecule has 1 aliphatic rings. The molecule has 3 heteroatoms. The molecule has 0 amide bonds. The van der Waals surface area contributed by atoms with Crippen molar-refractivity contribution < 1.29 is 10.2 Å². The number of likely N-dealkylation sites (tertiary alicyclic amines) is 1. The third-order valence-electron chi connectivity index (χ3n) is 3.33. The van der Waals surface area contributed by atoms with Crippen LogP contribution < -0.4 is 0 Å². The Labute approximate surface area is 96.3 Å². The quantitative estimate of drug-likeness (QED) is 0.814. The lowest BCUT2D eigenvalue weighted by Crippen LogP contribution is -2.23. The Hall–Kier alpha value is -1.06. The van der Waals surface area contributed by atoms with Crippen LogP contribution in [-0.4, -0.2) is 34.3 Å². The number of hydrogen-bond acceptors (Lipinski definition) is 3. The number of rotatable bonds is 3. The number of hydrogen-bond donors (Lipinski definition) is 2. The van der Waals surface area contributed by atoms with Crippen LogP contribution in [0.4, 0.5) is 0 Å². The van der Waals surface area contributed by atoms with E-state index in [4.69, 9.17) is 0 Å². The molecule has 0 aromatic heterocycles. The van der Waals surface area contributed by atoms with E-state index in [1.54, 1.807) is 12.1 Å². The summed E-state index contributed by atoms with van der Waals surface area (Å²) in [5.41, 5.74) is 1.21. The minimum Gasteiger partial charge on any atom is -0.508 e. The third-order valence-corrected chi connectivity index (χ3v) is 3.33. The van der Waals surface area contributed by atoms with Crippen molar-refractivity contribution in [2.24, 2.45) is 5.92 Å². The van der Waals surface area contributed by atoms with Gasteiger partial charge in [-0.1, -0.05) is 12.1 Å². The van der Waals surface area contributed by atoms with Gasteiger partial charge >= 0.3 is 0 Å². The van der Waals surface area contributed by atoms with Gasteiger partial charge in [-0.2, -0.15) is 0 Å². The fourth-order valence-corrected chi connectivity index (χ4v) is 2.26. The zero-order valence-corrected chi connectivity index (χ0v) is 9.63. The van der Waals surface area contributed by atoms with Gasteiger partial charge in [-0.25, -0.2) is 0 Å². The fourth-order valence-electron chi connectivity index (χ4n) is 2.26. The Bertz CT molecular complexity index is 334. The van der Waals surface area contributed by atoms with Gasteiger partial charge in [-0.05, 0) is 43.5 Å². The molecular weight excluding hydrogens is 202 g/mol. The Morgan fingerprint density at radius 2 is 2.06 bits per heavy atom. The van der Waals surface area contributed by atoms with Crippen molar-refractivity contribution in [3.05, 3.63) is 29.8 Å². The minimum atomic E-state index is -0.204. The Kier molecular flexibility index (Phi) is 3.46. The van der Waals surface area contributed by atoms with Crippen LogP contribution >= 0.6 is 0 Å². The van der Waals surface area contributed by atoms with Gasteiger partial charge in [0.25, 0.3) is 0 Å². The summed E-state index contributed by atoms with van der Waals surface area (Å²) in [6.07, 6.45) is 0.875. The Morgan fingerprint density at radius 1 is 1.38 bits per heavy atom. The van der Waals surface area contributed by atoms with E-state index in [-0.39, 0.29) is 6.10 Å². The first kappa shape index (κ1) is 11.4. The second kappa shape index (κ2) is 4.85. The molecule has 16 heavy (non-hydrogen) atoms. The van der Waals surface area contributed by atoms with Gasteiger partial charge in [0.1, 0.15) is 5.75 Å². The molecule has 88 valence electrons. The maximum atomic E-state index is 9.51. The van der Waals surface area contributed by atoms with E-state index in [9.17, 15) is 10.2 Å². The summed E-state index contributed by atoms with van der Waals surface area (Å²) < 4.78 is 0. The van der Waals surface area contributed by atoms with Crippen LogP contribution in [-0.2, 0) is 6.54 Å². The summed E-state index contributed by atoms with van der Waals surface area (Å²) in [7, 11) is 0. The van der Waals surface area contributed by atoms with E-state index in [0.717, 1.165) is 26.1 Å². The van der Waals surface area contributed by atoms with Crippen molar-refractivity contribution in [1.82, 2.24) is 4.90 Å². The molecular formula is C13H19NO2. The lowest BCUT2D eigenvalue weighted by Gasteiger charge is -2.17. The Balaban J connectivity index is 1.89. The lowest BCUT2D eigenvalue weighted by molar-refractivity contribution is 0.127. The lowest BCUT2D eigenvalue weighted by atomic mass is 10.0. The first-order valence-corrected chi connectivity index (χ1v) is 5.83. The maximum Gasteiger partial charge on any atom is 0.115 e. The number of phenolic OH excluding ortho intramolecular Hbond substituents is 1. The van der Waals surface area contributed by atoms with Crippen LogP contribution in [0.5, 0.6) is 5.75 Å². The van der Waals surface area contributed by atoms with E-state index in [2.05, 4.69) is 4.90 Å². The summed E-state index contributed by atoms with van der Waals surface area (Å²) in [5, 5.41) is 18.7. The standard InChI is InChI=1S/C13H19NO2/c1-10(15)12-6-7-14(9-12)8-11-2-4-13(16)5-3-11/h2-5,10,12,15-16H,6-9H2,1H3. The monoisotopic (exact) mass is 221 g/mol. The molecule has 2 unspecified atom stereocenters. The van der Waals surface area contributed by atoms with Crippen LogP contribution in [0.15, 0.2) is 24.3 Å². The fraction of sp³-hybridized carbons (Fsp3) is 0.538. The van der Waals surface area contributed by atoms with Crippen LogP contribution in [0, 0.1) is 5.92 Å². The molecule has 0 spiro atoms. The molecule has 0 saturated carbocycles. The maximum absolute atomic E-state index is 9.51. The molecule has 2 rings (SSSR count). The molecule has 2 atom stereocenters. The molecule has 1 aliphatic heterocycles. The molecule has 1 heterocycles. The largest absolute Gasteiger partial charge is 0.508 e. The summed E-state index contributed by atoms with van der Waals surface area (Å²) >= 11 is 0. The Morgan fingerprint density at radius 3 is 2.62 bits per heavy atom. The van der Waals surface area contributed by atoms with Gasteiger partial charge in [0.05, 0.1) is 6.10 Å². The number of aliphatic hydroxyl groups is 1. The van der Waals surface area contributed by atoms with Crippen molar-refractivity contribution in [2.45, 2.75) is 26.0 Å². The summed E-state index contributed by atoms with van der Waals surface area (Å²) in [6, 6.07) is 7.34. The van der Waals surface area contributed by atoms with Crippen molar-refractivity contribution in [1.29, 1.82) is 0 Å². The number of benzene rings is 1. The first-order valence-electron chi connectivity index (χ1n) is 5.83. The van der Waals surface area contributed by atoms with Gasteiger partial charge in [-0.15, -0.1) is 0 Å². The van der Waals surface area contributed by atoms with Gasteiger partial charge in [0.2, 0.25) is 0 Å². The van der Waals surface area contributed by atoms with Crippen LogP contribution in [0.2, 0.25) is 0 Å². The molecule has 1 aromatic rings. The minimum absolute atomic E-state index is 0.204. The summed E-state index contributed by atoms with van der Waals surface area (Å²) in [6.45, 7) is 4.80. The van der Waals surface area contributed by atoms with Crippen molar-refractivity contribution in [2.75, 3.05) is 13.1 Å². The second-order valence-corrected chi connectivity index (χ2v) is 4.69. The van der Waals surface area contributed by atoms with Gasteiger partial charge in [0.15, 0.2) is 0 Å². The van der Waals surface area contributed by atoms with Crippen molar-refractivity contribution in [3.8, 4) is 5.75 Å².